The van der Waals surface area contributed by atoms with Crippen LogP contribution in [0.3, 0.4) is 0 Å². The third-order valence-corrected chi connectivity index (χ3v) is 4.06. The van der Waals surface area contributed by atoms with Gasteiger partial charge >= 0.3 is 0 Å². The van der Waals surface area contributed by atoms with Crippen molar-refractivity contribution in [3.05, 3.63) is 84.7 Å². The summed E-state index contributed by atoms with van der Waals surface area (Å²) in [5.74, 6) is 0.718. The topological polar surface area (TPSA) is 77.2 Å². The lowest BCUT2D eigenvalue weighted by Crippen LogP contribution is -2.20. The van der Waals surface area contributed by atoms with Crippen molar-refractivity contribution >= 4 is 11.6 Å². The minimum absolute atomic E-state index is 0.171. The number of benzene rings is 3. The van der Waals surface area contributed by atoms with Gasteiger partial charge in [0, 0.05) is 16.8 Å². The molecule has 0 radical (unpaired) electrons. The fourth-order valence-electron chi connectivity index (χ4n) is 2.62. The number of anilines is 1. The summed E-state index contributed by atoms with van der Waals surface area (Å²) in [5.41, 5.74) is 2.11. The van der Waals surface area contributed by atoms with Crippen LogP contribution in [0.4, 0.5) is 10.1 Å². The number of amides is 1. The third kappa shape index (κ3) is 4.65. The molecular weight excluding hydrogens is 373 g/mol. The molecule has 1 amide bonds. The van der Waals surface area contributed by atoms with Gasteiger partial charge in [0.1, 0.15) is 11.6 Å². The first-order valence-corrected chi connectivity index (χ1v) is 8.85. The van der Waals surface area contributed by atoms with E-state index in [0.717, 1.165) is 11.1 Å². The summed E-state index contributed by atoms with van der Waals surface area (Å²) in [6, 6.07) is 22.0. The zero-order chi connectivity index (χ0) is 20.1. The van der Waals surface area contributed by atoms with Crippen molar-refractivity contribution in [2.75, 3.05) is 11.9 Å². The van der Waals surface area contributed by atoms with Crippen molar-refractivity contribution < 1.29 is 18.4 Å². The minimum Gasteiger partial charge on any atom is -0.484 e. The maximum atomic E-state index is 12.9. The second-order valence-electron chi connectivity index (χ2n) is 6.16. The molecule has 6 nitrogen and oxygen atoms in total. The third-order valence-electron chi connectivity index (χ3n) is 4.06. The molecule has 29 heavy (non-hydrogen) atoms. The van der Waals surface area contributed by atoms with Crippen LogP contribution < -0.4 is 10.1 Å². The molecule has 0 unspecified atom stereocenters. The molecule has 4 aromatic rings. The van der Waals surface area contributed by atoms with Gasteiger partial charge < -0.3 is 14.6 Å². The Bertz CT molecular complexity index is 1090. The number of halogens is 1. The van der Waals surface area contributed by atoms with Gasteiger partial charge in [-0.3, -0.25) is 4.79 Å². The Kier molecular flexibility index (Phi) is 5.29. The molecule has 144 valence electrons. The molecule has 1 N–H and O–H groups in total. The molecule has 4 rings (SSSR count). The number of rotatable bonds is 6. The van der Waals surface area contributed by atoms with Crippen molar-refractivity contribution in [1.82, 2.24) is 10.1 Å². The Morgan fingerprint density at radius 2 is 1.66 bits per heavy atom. The highest BCUT2D eigenvalue weighted by molar-refractivity contribution is 5.91. The molecule has 0 saturated heterocycles. The van der Waals surface area contributed by atoms with Gasteiger partial charge in [-0.05, 0) is 48.5 Å². The summed E-state index contributed by atoms with van der Waals surface area (Å²) in [6.45, 7) is -0.171. The molecule has 3 aromatic carbocycles. The zero-order valence-electron chi connectivity index (χ0n) is 15.2. The molecule has 0 fully saturated rings. The monoisotopic (exact) mass is 389 g/mol. The largest absolute Gasteiger partial charge is 0.484 e. The highest BCUT2D eigenvalue weighted by Crippen LogP contribution is 2.24. The lowest BCUT2D eigenvalue weighted by atomic mass is 10.2. The fraction of sp³-hybridized carbons (Fsp3) is 0.0455. The van der Waals surface area contributed by atoms with Crippen molar-refractivity contribution in [1.29, 1.82) is 0 Å². The average Bonchev–Trinajstić information content (AvgIpc) is 3.25. The van der Waals surface area contributed by atoms with Crippen LogP contribution in [0.5, 0.6) is 5.75 Å². The average molecular weight is 389 g/mol. The summed E-state index contributed by atoms with van der Waals surface area (Å²) in [5, 5.41) is 6.63. The van der Waals surface area contributed by atoms with Gasteiger partial charge in [-0.1, -0.05) is 35.5 Å². The van der Waals surface area contributed by atoms with E-state index in [2.05, 4.69) is 15.5 Å². The number of hydrogen-bond donors (Lipinski definition) is 1. The van der Waals surface area contributed by atoms with Crippen LogP contribution in [0.1, 0.15) is 0 Å². The molecule has 0 aliphatic carbocycles. The Balaban J connectivity index is 1.35. The smallest absolute Gasteiger partial charge is 0.262 e. The molecular formula is C22H16FN3O3. The first-order valence-electron chi connectivity index (χ1n) is 8.85. The van der Waals surface area contributed by atoms with Crippen LogP contribution in [-0.4, -0.2) is 22.7 Å². The quantitative estimate of drug-likeness (QED) is 0.523. The molecule has 1 aromatic heterocycles. The molecule has 0 bridgehead atoms. The van der Waals surface area contributed by atoms with E-state index in [0.29, 0.717) is 23.2 Å². The second kappa shape index (κ2) is 8.35. The standard InChI is InChI=1S/C22H16FN3O3/c23-17-8-10-18(11-9-17)24-20(27)14-28-19-12-6-16(7-13-19)22-25-21(26-29-22)15-4-2-1-3-5-15/h1-13H,14H2,(H,24,27). The number of carbonyl (C=O) groups excluding carboxylic acids is 1. The molecule has 0 aliphatic rings. The van der Waals surface area contributed by atoms with Crippen molar-refractivity contribution in [2.24, 2.45) is 0 Å². The normalized spacial score (nSPS) is 10.5. The maximum Gasteiger partial charge on any atom is 0.262 e. The highest BCUT2D eigenvalue weighted by atomic mass is 19.1. The Morgan fingerprint density at radius 3 is 2.38 bits per heavy atom. The summed E-state index contributed by atoms with van der Waals surface area (Å²) in [6.07, 6.45) is 0. The lowest BCUT2D eigenvalue weighted by Gasteiger charge is -2.07. The van der Waals surface area contributed by atoms with Gasteiger partial charge in [0.2, 0.25) is 5.82 Å². The van der Waals surface area contributed by atoms with Crippen LogP contribution in [0.15, 0.2) is 83.4 Å². The van der Waals surface area contributed by atoms with Crippen LogP contribution in [-0.2, 0) is 4.79 Å². The summed E-state index contributed by atoms with van der Waals surface area (Å²) in [7, 11) is 0. The second-order valence-corrected chi connectivity index (χ2v) is 6.16. The molecule has 1 heterocycles. The predicted molar refractivity (Wildman–Crippen MR) is 106 cm³/mol. The van der Waals surface area contributed by atoms with Crippen molar-refractivity contribution in [2.45, 2.75) is 0 Å². The van der Waals surface area contributed by atoms with Crippen molar-refractivity contribution in [3.8, 4) is 28.6 Å². The molecule has 0 spiro atoms. The van der Waals surface area contributed by atoms with E-state index in [4.69, 9.17) is 9.26 Å². The number of carbonyl (C=O) groups is 1. The van der Waals surface area contributed by atoms with E-state index >= 15 is 0 Å². The van der Waals surface area contributed by atoms with Crippen LogP contribution >= 0.6 is 0 Å². The number of nitrogens with one attached hydrogen (secondary N) is 1. The molecule has 0 aliphatic heterocycles. The van der Waals surface area contributed by atoms with Gasteiger partial charge in [-0.25, -0.2) is 4.39 Å². The zero-order valence-corrected chi connectivity index (χ0v) is 15.2. The van der Waals surface area contributed by atoms with E-state index in [1.165, 1.54) is 24.3 Å². The van der Waals surface area contributed by atoms with Crippen LogP contribution in [0.25, 0.3) is 22.8 Å². The number of nitrogens with zero attached hydrogens (tertiary/aromatic N) is 2. The van der Waals surface area contributed by atoms with Gasteiger partial charge in [0.25, 0.3) is 11.8 Å². The first-order chi connectivity index (χ1) is 14.2. The van der Waals surface area contributed by atoms with E-state index in [1.54, 1.807) is 24.3 Å². The Labute approximate surface area is 166 Å². The minimum atomic E-state index is -0.364. The van der Waals surface area contributed by atoms with E-state index in [1.807, 2.05) is 30.3 Å². The molecule has 0 saturated carbocycles. The van der Waals surface area contributed by atoms with Gasteiger partial charge in [0.15, 0.2) is 6.61 Å². The fourth-order valence-corrected chi connectivity index (χ4v) is 2.62. The molecule has 0 atom stereocenters. The predicted octanol–water partition coefficient (Wildman–Crippen LogP) is 4.56. The van der Waals surface area contributed by atoms with Gasteiger partial charge in [-0.15, -0.1) is 0 Å². The van der Waals surface area contributed by atoms with Gasteiger partial charge in [-0.2, -0.15) is 4.98 Å². The number of ether oxygens (including phenoxy) is 1. The van der Waals surface area contributed by atoms with Crippen LogP contribution in [0.2, 0.25) is 0 Å². The van der Waals surface area contributed by atoms with E-state index in [-0.39, 0.29) is 18.3 Å². The van der Waals surface area contributed by atoms with E-state index in [9.17, 15) is 9.18 Å². The van der Waals surface area contributed by atoms with Gasteiger partial charge in [0.05, 0.1) is 0 Å². The Hall–Kier alpha value is -4.00. The lowest BCUT2D eigenvalue weighted by molar-refractivity contribution is -0.118. The number of hydrogen-bond acceptors (Lipinski definition) is 5. The van der Waals surface area contributed by atoms with Crippen molar-refractivity contribution in [3.63, 3.8) is 0 Å². The maximum absolute atomic E-state index is 12.9. The van der Waals surface area contributed by atoms with Crippen LogP contribution in [0, 0.1) is 5.82 Å². The summed E-state index contributed by atoms with van der Waals surface area (Å²) >= 11 is 0. The summed E-state index contributed by atoms with van der Waals surface area (Å²) in [4.78, 5) is 16.3. The number of aromatic nitrogens is 2. The summed E-state index contributed by atoms with van der Waals surface area (Å²) < 4.78 is 23.7. The SMILES string of the molecule is O=C(COc1ccc(-c2nc(-c3ccccc3)no2)cc1)Nc1ccc(F)cc1. The molecule has 7 heteroatoms. The highest BCUT2D eigenvalue weighted by Gasteiger charge is 2.11. The first kappa shape index (κ1) is 18.4. The Morgan fingerprint density at radius 1 is 0.931 bits per heavy atom. The van der Waals surface area contributed by atoms with E-state index < -0.39 is 0 Å².